The smallest absolute Gasteiger partial charge is 0.311 e. The van der Waals surface area contributed by atoms with Gasteiger partial charge >= 0.3 is 5.97 Å². The minimum Gasteiger partial charge on any atom is -0.466 e. The second-order valence-corrected chi connectivity index (χ2v) is 8.62. The van der Waals surface area contributed by atoms with Gasteiger partial charge in [0.15, 0.2) is 4.34 Å². The van der Waals surface area contributed by atoms with Gasteiger partial charge in [-0.05, 0) is 54.4 Å². The molecule has 1 amide bonds. The van der Waals surface area contributed by atoms with E-state index in [9.17, 15) is 9.59 Å². The van der Waals surface area contributed by atoms with Crippen LogP contribution in [0.15, 0.2) is 32.4 Å². The van der Waals surface area contributed by atoms with Crippen LogP contribution in [0.3, 0.4) is 0 Å². The van der Waals surface area contributed by atoms with Crippen molar-refractivity contribution < 1.29 is 14.3 Å². The van der Waals surface area contributed by atoms with Crippen molar-refractivity contribution in [1.82, 2.24) is 4.98 Å². The van der Waals surface area contributed by atoms with E-state index in [0.717, 1.165) is 20.1 Å². The summed E-state index contributed by atoms with van der Waals surface area (Å²) in [6.45, 7) is 5.95. The lowest BCUT2D eigenvalue weighted by Gasteiger charge is -2.12. The molecule has 0 saturated heterocycles. The molecule has 0 fully saturated rings. The Balaban J connectivity index is 1.92. The van der Waals surface area contributed by atoms with Crippen LogP contribution >= 0.6 is 39.0 Å². The molecular weight excluding hydrogens is 424 g/mol. The van der Waals surface area contributed by atoms with Gasteiger partial charge in [-0.3, -0.25) is 9.59 Å². The van der Waals surface area contributed by atoms with Crippen molar-refractivity contribution in [1.29, 1.82) is 0 Å². The van der Waals surface area contributed by atoms with Crippen LogP contribution in [-0.4, -0.2) is 28.7 Å². The predicted octanol–water partition coefficient (Wildman–Crippen LogP) is 4.44. The summed E-state index contributed by atoms with van der Waals surface area (Å²) >= 11 is 6.25. The predicted molar refractivity (Wildman–Crippen MR) is 105 cm³/mol. The fourth-order valence-corrected chi connectivity index (χ4v) is 4.52. The minimum absolute atomic E-state index is 0.100. The molecule has 25 heavy (non-hydrogen) atoms. The van der Waals surface area contributed by atoms with Crippen molar-refractivity contribution >= 4 is 56.6 Å². The molecule has 2 aromatic rings. The standard InChI is InChI=1S/C17H19BrN2O3S2/c1-4-23-15(21)8-12-9-24-17(19-12)25-11(3)16(22)20-14-6-5-10(2)7-13(14)18/h5-7,9,11H,4,8H2,1-3H3,(H,20,22). The first-order chi connectivity index (χ1) is 11.9. The lowest BCUT2D eigenvalue weighted by Crippen LogP contribution is -2.22. The first-order valence-electron chi connectivity index (χ1n) is 7.72. The topological polar surface area (TPSA) is 68.3 Å². The highest BCUT2D eigenvalue weighted by Crippen LogP contribution is 2.29. The second-order valence-electron chi connectivity index (χ2n) is 5.32. The van der Waals surface area contributed by atoms with E-state index >= 15 is 0 Å². The van der Waals surface area contributed by atoms with Crippen molar-refractivity contribution in [2.45, 2.75) is 36.8 Å². The summed E-state index contributed by atoms with van der Waals surface area (Å²) in [4.78, 5) is 28.2. The molecule has 0 aliphatic rings. The fourth-order valence-electron chi connectivity index (χ4n) is 1.94. The number of halogens is 1. The molecule has 8 heteroatoms. The number of thiazole rings is 1. The molecular formula is C17H19BrN2O3S2. The number of benzene rings is 1. The van der Waals surface area contributed by atoms with E-state index in [1.807, 2.05) is 37.4 Å². The fraction of sp³-hybridized carbons (Fsp3) is 0.353. The third-order valence-electron chi connectivity index (χ3n) is 3.19. The summed E-state index contributed by atoms with van der Waals surface area (Å²) < 4.78 is 6.52. The molecule has 2 rings (SSSR count). The van der Waals surface area contributed by atoms with Gasteiger partial charge in [-0.15, -0.1) is 11.3 Å². The summed E-state index contributed by atoms with van der Waals surface area (Å²) in [6.07, 6.45) is 0.155. The van der Waals surface area contributed by atoms with Crippen LogP contribution in [0.4, 0.5) is 5.69 Å². The Bertz CT molecular complexity index is 764. The van der Waals surface area contributed by atoms with Crippen LogP contribution in [0, 0.1) is 6.92 Å². The number of esters is 1. The highest BCUT2D eigenvalue weighted by molar-refractivity contribution is 9.10. The lowest BCUT2D eigenvalue weighted by atomic mass is 10.2. The number of rotatable bonds is 7. The Labute approximate surface area is 163 Å². The van der Waals surface area contributed by atoms with Crippen molar-refractivity contribution in [3.63, 3.8) is 0 Å². The monoisotopic (exact) mass is 442 g/mol. The van der Waals surface area contributed by atoms with Crippen molar-refractivity contribution in [3.05, 3.63) is 39.3 Å². The van der Waals surface area contributed by atoms with E-state index in [1.165, 1.54) is 23.1 Å². The summed E-state index contributed by atoms with van der Waals surface area (Å²) in [6, 6.07) is 5.77. The molecule has 134 valence electrons. The molecule has 0 saturated carbocycles. The van der Waals surface area contributed by atoms with Crippen molar-refractivity contribution in [2.75, 3.05) is 11.9 Å². The van der Waals surface area contributed by atoms with Gasteiger partial charge in [-0.25, -0.2) is 4.98 Å². The normalized spacial score (nSPS) is 11.8. The number of carbonyl (C=O) groups is 2. The van der Waals surface area contributed by atoms with Crippen LogP contribution < -0.4 is 5.32 Å². The molecule has 0 aliphatic carbocycles. The molecule has 0 aliphatic heterocycles. The van der Waals surface area contributed by atoms with Crippen molar-refractivity contribution in [3.8, 4) is 0 Å². The first kappa shape index (κ1) is 19.9. The molecule has 1 N–H and O–H groups in total. The van der Waals surface area contributed by atoms with Gasteiger partial charge in [0.2, 0.25) is 5.91 Å². The molecule has 1 heterocycles. The van der Waals surface area contributed by atoms with Gasteiger partial charge in [0, 0.05) is 9.85 Å². The molecule has 0 bridgehead atoms. The number of amides is 1. The molecule has 1 unspecified atom stereocenters. The number of hydrogen-bond donors (Lipinski definition) is 1. The van der Waals surface area contributed by atoms with Crippen LogP contribution in [0.1, 0.15) is 25.1 Å². The van der Waals surface area contributed by atoms with Crippen LogP contribution in [-0.2, 0) is 20.7 Å². The maximum atomic E-state index is 12.4. The number of ether oxygens (including phenoxy) is 1. The Morgan fingerprint density at radius 1 is 1.44 bits per heavy atom. The van der Waals surface area contributed by atoms with Crippen LogP contribution in [0.2, 0.25) is 0 Å². The van der Waals surface area contributed by atoms with E-state index in [-0.39, 0.29) is 23.5 Å². The molecule has 0 radical (unpaired) electrons. The van der Waals surface area contributed by atoms with Gasteiger partial charge in [0.05, 0.1) is 29.7 Å². The summed E-state index contributed by atoms with van der Waals surface area (Å²) in [7, 11) is 0. The summed E-state index contributed by atoms with van der Waals surface area (Å²) in [5, 5.41) is 4.42. The Hall–Kier alpha value is -1.38. The number of nitrogens with zero attached hydrogens (tertiary/aromatic N) is 1. The lowest BCUT2D eigenvalue weighted by molar-refractivity contribution is -0.142. The number of aryl methyl sites for hydroxylation is 1. The molecule has 1 atom stereocenters. The zero-order valence-corrected chi connectivity index (χ0v) is 17.4. The number of nitrogens with one attached hydrogen (secondary N) is 1. The van der Waals surface area contributed by atoms with Crippen LogP contribution in [0.25, 0.3) is 0 Å². The van der Waals surface area contributed by atoms with E-state index in [1.54, 1.807) is 6.92 Å². The van der Waals surface area contributed by atoms with E-state index < -0.39 is 0 Å². The zero-order chi connectivity index (χ0) is 18.4. The van der Waals surface area contributed by atoms with E-state index in [2.05, 4.69) is 26.2 Å². The number of carbonyl (C=O) groups excluding carboxylic acids is 2. The number of thioether (sulfide) groups is 1. The van der Waals surface area contributed by atoms with Crippen molar-refractivity contribution in [2.24, 2.45) is 0 Å². The van der Waals surface area contributed by atoms with E-state index in [4.69, 9.17) is 4.74 Å². The average Bonchev–Trinajstić information content (AvgIpc) is 2.97. The van der Waals surface area contributed by atoms with Gasteiger partial charge < -0.3 is 10.1 Å². The maximum Gasteiger partial charge on any atom is 0.311 e. The Morgan fingerprint density at radius 3 is 2.88 bits per heavy atom. The Morgan fingerprint density at radius 2 is 2.20 bits per heavy atom. The largest absolute Gasteiger partial charge is 0.466 e. The summed E-state index contributed by atoms with van der Waals surface area (Å²) in [5.41, 5.74) is 2.52. The third kappa shape index (κ3) is 6.13. The van der Waals surface area contributed by atoms with Gasteiger partial charge in [0.1, 0.15) is 0 Å². The molecule has 1 aromatic heterocycles. The summed E-state index contributed by atoms with van der Waals surface area (Å²) in [5.74, 6) is -0.393. The quantitative estimate of drug-likeness (QED) is 0.506. The highest BCUT2D eigenvalue weighted by atomic mass is 79.9. The third-order valence-corrected chi connectivity index (χ3v) is 5.97. The zero-order valence-electron chi connectivity index (χ0n) is 14.2. The maximum absolute atomic E-state index is 12.4. The second kappa shape index (κ2) is 9.35. The molecule has 1 aromatic carbocycles. The SMILES string of the molecule is CCOC(=O)Cc1csc(SC(C)C(=O)Nc2ccc(C)cc2Br)n1. The number of aromatic nitrogens is 1. The Kier molecular flexibility index (Phi) is 7.46. The highest BCUT2D eigenvalue weighted by Gasteiger charge is 2.18. The minimum atomic E-state index is -0.310. The number of hydrogen-bond acceptors (Lipinski definition) is 6. The van der Waals surface area contributed by atoms with Gasteiger partial charge in [0.25, 0.3) is 0 Å². The number of anilines is 1. The van der Waals surface area contributed by atoms with E-state index in [0.29, 0.717) is 12.3 Å². The average molecular weight is 443 g/mol. The molecule has 5 nitrogen and oxygen atoms in total. The van der Waals surface area contributed by atoms with Gasteiger partial charge in [-0.2, -0.15) is 0 Å². The van der Waals surface area contributed by atoms with Gasteiger partial charge in [-0.1, -0.05) is 17.8 Å². The first-order valence-corrected chi connectivity index (χ1v) is 10.3. The van der Waals surface area contributed by atoms with Crippen LogP contribution in [0.5, 0.6) is 0 Å². The molecule has 0 spiro atoms.